The van der Waals surface area contributed by atoms with Crippen LogP contribution >= 0.6 is 0 Å². The normalized spacial score (nSPS) is 17.5. The molecule has 1 aliphatic heterocycles. The minimum Gasteiger partial charge on any atom is -0.369 e. The summed E-state index contributed by atoms with van der Waals surface area (Å²) < 4.78 is 21.1. The average Bonchev–Trinajstić information content (AvgIpc) is 3.25. The quantitative estimate of drug-likeness (QED) is 0.697. The van der Waals surface area contributed by atoms with Crippen molar-refractivity contribution in [1.82, 2.24) is 5.16 Å². The number of carbonyl (C=O) groups is 1. The predicted octanol–water partition coefficient (Wildman–Crippen LogP) is 2.73. The topological polar surface area (TPSA) is 70.8 Å². The number of rotatable bonds is 8. The van der Waals surface area contributed by atoms with Crippen LogP contribution in [0.4, 0.5) is 0 Å². The van der Waals surface area contributed by atoms with Gasteiger partial charge in [-0.15, -0.1) is 0 Å². The van der Waals surface area contributed by atoms with Gasteiger partial charge in [-0.3, -0.25) is 4.79 Å². The lowest BCUT2D eigenvalue weighted by Crippen LogP contribution is -2.12. The first kappa shape index (κ1) is 15.9. The highest BCUT2D eigenvalue weighted by atomic mass is 16.7. The van der Waals surface area contributed by atoms with E-state index in [1.807, 2.05) is 30.3 Å². The molecule has 0 N–H and O–H groups in total. The second-order valence-electron chi connectivity index (χ2n) is 5.40. The number of benzene rings is 1. The molecule has 0 bridgehead atoms. The first-order valence-corrected chi connectivity index (χ1v) is 7.61. The number of nitrogens with zero attached hydrogens (tertiary/aromatic N) is 1. The summed E-state index contributed by atoms with van der Waals surface area (Å²) in [7, 11) is 0. The van der Waals surface area contributed by atoms with E-state index in [1.54, 1.807) is 6.07 Å². The first-order chi connectivity index (χ1) is 11.3. The maximum atomic E-state index is 12.1. The van der Waals surface area contributed by atoms with Crippen molar-refractivity contribution in [3.8, 4) is 0 Å². The summed E-state index contributed by atoms with van der Waals surface area (Å²) in [5.41, 5.74) is 1.42. The van der Waals surface area contributed by atoms with Gasteiger partial charge < -0.3 is 18.7 Å². The molecule has 1 aliphatic rings. The minimum absolute atomic E-state index is 0.000438. The Morgan fingerprint density at radius 1 is 1.26 bits per heavy atom. The second-order valence-corrected chi connectivity index (χ2v) is 5.40. The van der Waals surface area contributed by atoms with E-state index >= 15 is 0 Å². The van der Waals surface area contributed by atoms with E-state index < -0.39 is 0 Å². The van der Waals surface area contributed by atoms with Crippen LogP contribution in [0.2, 0.25) is 0 Å². The molecule has 1 fully saturated rings. The fraction of sp³-hybridized carbons (Fsp3) is 0.412. The summed E-state index contributed by atoms with van der Waals surface area (Å²) in [6, 6.07) is 11.5. The fourth-order valence-corrected chi connectivity index (χ4v) is 2.31. The molecule has 6 heteroatoms. The van der Waals surface area contributed by atoms with Gasteiger partial charge in [-0.25, -0.2) is 0 Å². The molecule has 2 aromatic rings. The molecule has 122 valence electrons. The molecule has 0 amide bonds. The van der Waals surface area contributed by atoms with Crippen molar-refractivity contribution < 1.29 is 23.5 Å². The predicted molar refractivity (Wildman–Crippen MR) is 80.7 cm³/mol. The molecule has 1 unspecified atom stereocenters. The number of ketones is 1. The SMILES string of the molecule is O=C(CCC1COCO1)c1cc(COCc2ccccc2)on1. The van der Waals surface area contributed by atoms with Crippen molar-refractivity contribution in [2.75, 3.05) is 13.4 Å². The Balaban J connectivity index is 1.42. The molecule has 0 aliphatic carbocycles. The van der Waals surface area contributed by atoms with E-state index in [1.165, 1.54) is 0 Å². The Morgan fingerprint density at radius 3 is 2.91 bits per heavy atom. The number of hydrogen-bond acceptors (Lipinski definition) is 6. The summed E-state index contributed by atoms with van der Waals surface area (Å²) in [5.74, 6) is 0.489. The van der Waals surface area contributed by atoms with Crippen LogP contribution in [0.5, 0.6) is 0 Å². The Bertz CT molecular complexity index is 619. The smallest absolute Gasteiger partial charge is 0.184 e. The number of aromatic nitrogens is 1. The number of carbonyl (C=O) groups excluding carboxylic acids is 1. The average molecular weight is 317 g/mol. The van der Waals surface area contributed by atoms with Crippen LogP contribution in [0, 0.1) is 0 Å². The second kappa shape index (κ2) is 8.01. The van der Waals surface area contributed by atoms with Gasteiger partial charge in [0.2, 0.25) is 0 Å². The van der Waals surface area contributed by atoms with Gasteiger partial charge in [-0.05, 0) is 12.0 Å². The van der Waals surface area contributed by atoms with Crippen molar-refractivity contribution in [2.24, 2.45) is 0 Å². The number of Topliss-reactive ketones (excluding diaryl/α,β-unsaturated/α-hetero) is 1. The maximum absolute atomic E-state index is 12.1. The summed E-state index contributed by atoms with van der Waals surface area (Å²) in [4.78, 5) is 12.1. The highest BCUT2D eigenvalue weighted by Gasteiger charge is 2.19. The van der Waals surface area contributed by atoms with Gasteiger partial charge in [0.15, 0.2) is 11.5 Å². The van der Waals surface area contributed by atoms with Crippen molar-refractivity contribution in [2.45, 2.75) is 32.2 Å². The first-order valence-electron chi connectivity index (χ1n) is 7.61. The largest absolute Gasteiger partial charge is 0.369 e. The Morgan fingerprint density at radius 2 is 2.13 bits per heavy atom. The molecule has 1 atom stereocenters. The summed E-state index contributed by atoms with van der Waals surface area (Å²) in [5, 5.41) is 3.81. The van der Waals surface area contributed by atoms with Crippen LogP contribution in [0.3, 0.4) is 0 Å². The molecule has 1 aromatic carbocycles. The summed E-state index contributed by atoms with van der Waals surface area (Å²) in [6.07, 6.45) is 0.996. The Kier molecular flexibility index (Phi) is 5.52. The van der Waals surface area contributed by atoms with Crippen LogP contribution in [-0.2, 0) is 27.4 Å². The number of ether oxygens (including phenoxy) is 3. The monoisotopic (exact) mass is 317 g/mol. The Labute approximate surface area is 134 Å². The molecule has 3 rings (SSSR count). The highest BCUT2D eigenvalue weighted by Crippen LogP contribution is 2.14. The molecular weight excluding hydrogens is 298 g/mol. The van der Waals surface area contributed by atoms with E-state index in [2.05, 4.69) is 5.16 Å². The van der Waals surface area contributed by atoms with Gasteiger partial charge in [0.25, 0.3) is 0 Å². The van der Waals surface area contributed by atoms with Gasteiger partial charge in [0.05, 0.1) is 19.3 Å². The lowest BCUT2D eigenvalue weighted by atomic mass is 10.1. The van der Waals surface area contributed by atoms with Crippen molar-refractivity contribution in [1.29, 1.82) is 0 Å². The third-order valence-electron chi connectivity index (χ3n) is 3.58. The fourth-order valence-electron chi connectivity index (χ4n) is 2.31. The molecule has 1 saturated heterocycles. The van der Waals surface area contributed by atoms with E-state index in [0.717, 1.165) is 5.56 Å². The van der Waals surface area contributed by atoms with E-state index in [0.29, 0.717) is 44.3 Å². The van der Waals surface area contributed by atoms with Gasteiger partial charge >= 0.3 is 0 Å². The van der Waals surface area contributed by atoms with E-state index in [9.17, 15) is 4.79 Å². The molecule has 0 spiro atoms. The number of hydrogen-bond donors (Lipinski definition) is 0. The molecule has 23 heavy (non-hydrogen) atoms. The van der Waals surface area contributed by atoms with Gasteiger partial charge in [-0.2, -0.15) is 0 Å². The van der Waals surface area contributed by atoms with Crippen LogP contribution < -0.4 is 0 Å². The van der Waals surface area contributed by atoms with Crippen LogP contribution in [0.1, 0.15) is 34.7 Å². The van der Waals surface area contributed by atoms with E-state index in [-0.39, 0.29) is 18.5 Å². The third kappa shape index (κ3) is 4.72. The van der Waals surface area contributed by atoms with Crippen molar-refractivity contribution in [3.05, 3.63) is 53.4 Å². The molecule has 0 radical (unpaired) electrons. The van der Waals surface area contributed by atoms with Crippen LogP contribution in [-0.4, -0.2) is 30.4 Å². The highest BCUT2D eigenvalue weighted by molar-refractivity contribution is 5.94. The maximum Gasteiger partial charge on any atom is 0.184 e. The zero-order chi connectivity index (χ0) is 15.9. The third-order valence-corrected chi connectivity index (χ3v) is 3.58. The van der Waals surface area contributed by atoms with Crippen LogP contribution in [0.15, 0.2) is 40.9 Å². The molecule has 0 saturated carbocycles. The molecule has 2 heterocycles. The van der Waals surface area contributed by atoms with Crippen molar-refractivity contribution in [3.63, 3.8) is 0 Å². The van der Waals surface area contributed by atoms with Gasteiger partial charge in [-0.1, -0.05) is 35.5 Å². The molecule has 1 aromatic heterocycles. The lowest BCUT2D eigenvalue weighted by Gasteiger charge is -2.04. The molecular formula is C17H19NO5. The zero-order valence-corrected chi connectivity index (χ0v) is 12.8. The lowest BCUT2D eigenvalue weighted by molar-refractivity contribution is 0.0436. The summed E-state index contributed by atoms with van der Waals surface area (Å²) >= 11 is 0. The summed E-state index contributed by atoms with van der Waals surface area (Å²) in [6.45, 7) is 1.63. The zero-order valence-electron chi connectivity index (χ0n) is 12.8. The minimum atomic E-state index is -0.0569. The van der Waals surface area contributed by atoms with E-state index in [4.69, 9.17) is 18.7 Å². The molecule has 6 nitrogen and oxygen atoms in total. The Hall–Kier alpha value is -2.02. The standard InChI is InChI=1S/C17H19NO5/c19-17(7-6-14-10-21-12-22-14)16-8-15(23-18-16)11-20-9-13-4-2-1-3-5-13/h1-5,8,14H,6-7,9-12H2. The van der Waals surface area contributed by atoms with Crippen molar-refractivity contribution >= 4 is 5.78 Å². The van der Waals surface area contributed by atoms with Crippen LogP contribution in [0.25, 0.3) is 0 Å². The van der Waals surface area contributed by atoms with Gasteiger partial charge in [0.1, 0.15) is 19.1 Å². The van der Waals surface area contributed by atoms with Gasteiger partial charge in [0, 0.05) is 12.5 Å².